The van der Waals surface area contributed by atoms with Gasteiger partial charge in [-0.15, -0.1) is 0 Å². The van der Waals surface area contributed by atoms with E-state index < -0.39 is 11.8 Å². The molecule has 5 rings (SSSR count). The maximum absolute atomic E-state index is 12.9. The second-order valence-electron chi connectivity index (χ2n) is 8.87. The van der Waals surface area contributed by atoms with E-state index in [1.54, 1.807) is 36.4 Å². The molecule has 0 unspecified atom stereocenters. The van der Waals surface area contributed by atoms with Crippen LogP contribution in [-0.2, 0) is 16.0 Å². The maximum Gasteiger partial charge on any atom is 0.293 e. The summed E-state index contributed by atoms with van der Waals surface area (Å²) in [6.07, 6.45) is 5.43. The van der Waals surface area contributed by atoms with Crippen molar-refractivity contribution < 1.29 is 18.9 Å². The van der Waals surface area contributed by atoms with Gasteiger partial charge in [-0.3, -0.25) is 25.1 Å². The number of furan rings is 1. The van der Waals surface area contributed by atoms with E-state index in [0.717, 1.165) is 44.3 Å². The molecule has 2 aliphatic rings. The highest BCUT2D eigenvalue weighted by atomic mass is 16.6. The molecule has 1 N–H and O–H groups in total. The zero-order chi connectivity index (χ0) is 25.2. The molecule has 0 aliphatic carbocycles. The number of hydrogen-bond donors (Lipinski definition) is 1. The average molecular weight is 487 g/mol. The van der Waals surface area contributed by atoms with Gasteiger partial charge in [-0.2, -0.15) is 0 Å². The molecule has 36 heavy (non-hydrogen) atoms. The van der Waals surface area contributed by atoms with Crippen molar-refractivity contribution in [2.45, 2.75) is 32.6 Å². The number of benzene rings is 2. The Labute approximate surface area is 208 Å². The number of nitrogens with one attached hydrogen (secondary N) is 1. The van der Waals surface area contributed by atoms with E-state index in [1.807, 2.05) is 19.1 Å². The van der Waals surface area contributed by atoms with Crippen molar-refractivity contribution in [1.82, 2.24) is 5.43 Å². The summed E-state index contributed by atoms with van der Waals surface area (Å²) >= 11 is 0. The molecular weight excluding hydrogens is 460 g/mol. The summed E-state index contributed by atoms with van der Waals surface area (Å²) in [4.78, 5) is 38.9. The van der Waals surface area contributed by atoms with Gasteiger partial charge in [0.15, 0.2) is 0 Å². The summed E-state index contributed by atoms with van der Waals surface area (Å²) in [6.45, 7) is 3.64. The highest BCUT2D eigenvalue weighted by Crippen LogP contribution is 2.35. The standard InChI is InChI=1S/C27H26N4O5/c1-2-18-6-9-20(10-7-18)30-27(33)22(26(32)28-30)17-21-11-13-25(36-21)19-8-12-23(24(16-19)31(34)35)29-14-4-3-5-15-29/h6-13,16-17H,2-5,14-15H2,1H3,(H,28,32). The number of piperidine rings is 1. The molecule has 1 aromatic heterocycles. The topological polar surface area (TPSA) is 109 Å². The van der Waals surface area contributed by atoms with Crippen molar-refractivity contribution in [3.8, 4) is 11.3 Å². The summed E-state index contributed by atoms with van der Waals surface area (Å²) in [5, 5.41) is 13.0. The Hall–Kier alpha value is -4.40. The van der Waals surface area contributed by atoms with Crippen molar-refractivity contribution in [3.63, 3.8) is 0 Å². The molecule has 9 nitrogen and oxygen atoms in total. The lowest BCUT2D eigenvalue weighted by Gasteiger charge is -2.28. The summed E-state index contributed by atoms with van der Waals surface area (Å²) < 4.78 is 5.86. The fraction of sp³-hybridized carbons (Fsp3) is 0.259. The smallest absolute Gasteiger partial charge is 0.293 e. The Balaban J connectivity index is 1.39. The van der Waals surface area contributed by atoms with Crippen molar-refractivity contribution in [2.24, 2.45) is 0 Å². The normalized spacial score (nSPS) is 17.1. The molecule has 0 spiro atoms. The van der Waals surface area contributed by atoms with Crippen LogP contribution in [0.4, 0.5) is 17.1 Å². The Morgan fingerprint density at radius 2 is 1.78 bits per heavy atom. The zero-order valence-corrected chi connectivity index (χ0v) is 19.9. The summed E-state index contributed by atoms with van der Waals surface area (Å²) in [5.41, 5.74) is 5.40. The molecule has 0 saturated carbocycles. The van der Waals surface area contributed by atoms with Crippen molar-refractivity contribution in [1.29, 1.82) is 0 Å². The molecule has 2 saturated heterocycles. The van der Waals surface area contributed by atoms with Crippen molar-refractivity contribution in [3.05, 3.63) is 81.6 Å². The predicted octanol–water partition coefficient (Wildman–Crippen LogP) is 4.87. The quantitative estimate of drug-likeness (QED) is 0.230. The average Bonchev–Trinajstić information content (AvgIpc) is 3.49. The minimum absolute atomic E-state index is 0.0285. The molecular formula is C27H26N4O5. The first-order valence-corrected chi connectivity index (χ1v) is 12.0. The number of nitro groups is 1. The summed E-state index contributed by atoms with van der Waals surface area (Å²) in [6, 6.07) is 15.7. The van der Waals surface area contributed by atoms with Gasteiger partial charge in [0.25, 0.3) is 17.5 Å². The van der Waals surface area contributed by atoms with Gasteiger partial charge in [0, 0.05) is 24.7 Å². The number of hydrogen-bond acceptors (Lipinski definition) is 6. The minimum Gasteiger partial charge on any atom is -0.457 e. The first kappa shape index (κ1) is 23.3. The van der Waals surface area contributed by atoms with E-state index in [2.05, 4.69) is 10.3 Å². The fourth-order valence-electron chi connectivity index (χ4n) is 4.57. The molecule has 2 amide bonds. The van der Waals surface area contributed by atoms with Gasteiger partial charge in [0.2, 0.25) is 0 Å². The van der Waals surface area contributed by atoms with E-state index in [4.69, 9.17) is 4.42 Å². The van der Waals surface area contributed by atoms with E-state index >= 15 is 0 Å². The summed E-state index contributed by atoms with van der Waals surface area (Å²) in [5.74, 6) is -0.301. The summed E-state index contributed by atoms with van der Waals surface area (Å²) in [7, 11) is 0. The Morgan fingerprint density at radius 3 is 2.47 bits per heavy atom. The van der Waals surface area contributed by atoms with Crippen LogP contribution in [0.2, 0.25) is 0 Å². The van der Waals surface area contributed by atoms with Gasteiger partial charge in [-0.25, -0.2) is 5.01 Å². The molecule has 0 bridgehead atoms. The monoisotopic (exact) mass is 486 g/mol. The Morgan fingerprint density at radius 1 is 1.03 bits per heavy atom. The second-order valence-corrected chi connectivity index (χ2v) is 8.87. The number of anilines is 2. The van der Waals surface area contributed by atoms with Gasteiger partial charge in [-0.1, -0.05) is 19.1 Å². The van der Waals surface area contributed by atoms with Crippen LogP contribution in [0.3, 0.4) is 0 Å². The molecule has 2 aromatic carbocycles. The number of carbonyl (C=O) groups is 2. The number of rotatable bonds is 6. The Kier molecular flexibility index (Phi) is 6.28. The van der Waals surface area contributed by atoms with Crippen LogP contribution in [-0.4, -0.2) is 29.8 Å². The van der Waals surface area contributed by atoms with Crippen LogP contribution in [0.25, 0.3) is 17.4 Å². The van der Waals surface area contributed by atoms with E-state index in [1.165, 1.54) is 17.2 Å². The number of nitro benzene ring substituents is 1. The first-order chi connectivity index (χ1) is 17.4. The second kappa shape index (κ2) is 9.69. The van der Waals surface area contributed by atoms with Crippen molar-refractivity contribution in [2.75, 3.05) is 23.0 Å². The third-order valence-electron chi connectivity index (χ3n) is 6.56. The van der Waals surface area contributed by atoms with E-state index in [-0.39, 0.29) is 16.2 Å². The van der Waals surface area contributed by atoms with Gasteiger partial charge in [0.05, 0.1) is 10.6 Å². The van der Waals surface area contributed by atoms with Gasteiger partial charge >= 0.3 is 0 Å². The van der Waals surface area contributed by atoms with E-state index in [0.29, 0.717) is 28.5 Å². The minimum atomic E-state index is -0.529. The zero-order valence-electron chi connectivity index (χ0n) is 19.9. The van der Waals surface area contributed by atoms with Gasteiger partial charge < -0.3 is 9.32 Å². The highest BCUT2D eigenvalue weighted by molar-refractivity contribution is 6.31. The third kappa shape index (κ3) is 4.47. The SMILES string of the molecule is CCc1ccc(N2NC(=O)C(=Cc3ccc(-c4ccc(N5CCCCC5)c([N+](=O)[O-])c4)o3)C2=O)cc1. The Bertz CT molecular complexity index is 1350. The van der Waals surface area contributed by atoms with Crippen LogP contribution in [0.1, 0.15) is 37.5 Å². The molecule has 0 atom stereocenters. The fourth-order valence-corrected chi connectivity index (χ4v) is 4.57. The molecule has 0 radical (unpaired) electrons. The number of aryl methyl sites for hydroxylation is 1. The van der Waals surface area contributed by atoms with Gasteiger partial charge in [0.1, 0.15) is 22.8 Å². The molecule has 2 fully saturated rings. The lowest BCUT2D eigenvalue weighted by atomic mass is 10.1. The lowest BCUT2D eigenvalue weighted by molar-refractivity contribution is -0.384. The molecule has 3 aromatic rings. The molecule has 9 heteroatoms. The third-order valence-corrected chi connectivity index (χ3v) is 6.56. The number of amides is 2. The van der Waals surface area contributed by atoms with E-state index in [9.17, 15) is 19.7 Å². The van der Waals surface area contributed by atoms with Gasteiger partial charge in [-0.05, 0) is 73.7 Å². The maximum atomic E-state index is 12.9. The molecule has 184 valence electrons. The number of hydrazine groups is 1. The lowest BCUT2D eigenvalue weighted by Crippen LogP contribution is -2.35. The predicted molar refractivity (Wildman–Crippen MR) is 136 cm³/mol. The van der Waals surface area contributed by atoms with Crippen LogP contribution < -0.4 is 15.3 Å². The van der Waals surface area contributed by atoms with Crippen LogP contribution in [0.5, 0.6) is 0 Å². The molecule has 3 heterocycles. The van der Waals surface area contributed by atoms with Crippen LogP contribution in [0, 0.1) is 10.1 Å². The highest BCUT2D eigenvalue weighted by Gasteiger charge is 2.34. The number of carbonyl (C=O) groups excluding carboxylic acids is 2. The largest absolute Gasteiger partial charge is 0.457 e. The first-order valence-electron chi connectivity index (χ1n) is 12.0. The van der Waals surface area contributed by atoms with Crippen LogP contribution in [0.15, 0.2) is 64.6 Å². The number of nitrogens with zero attached hydrogens (tertiary/aromatic N) is 3. The van der Waals surface area contributed by atoms with Crippen molar-refractivity contribution >= 4 is 35.0 Å². The molecule has 2 aliphatic heterocycles. The van der Waals surface area contributed by atoms with Crippen LogP contribution >= 0.6 is 0 Å².